The van der Waals surface area contributed by atoms with Crippen LogP contribution in [0, 0.1) is 5.82 Å². The van der Waals surface area contributed by atoms with Gasteiger partial charge < -0.3 is 20.5 Å². The number of hydrogen-bond acceptors (Lipinski definition) is 3. The van der Waals surface area contributed by atoms with Crippen LogP contribution in [0.15, 0.2) is 30.3 Å². The number of aromatic amines is 1. The predicted molar refractivity (Wildman–Crippen MR) is 91.3 cm³/mol. The first-order valence-corrected chi connectivity index (χ1v) is 7.55. The van der Waals surface area contributed by atoms with Gasteiger partial charge in [-0.05, 0) is 58.3 Å². The Morgan fingerprint density at radius 1 is 1.22 bits per heavy atom. The summed E-state index contributed by atoms with van der Waals surface area (Å²) in [6.07, 6.45) is 0. The number of aromatic nitrogens is 1. The summed E-state index contributed by atoms with van der Waals surface area (Å²) in [7, 11) is 3.92. The van der Waals surface area contributed by atoms with Crippen LogP contribution in [0.3, 0.4) is 0 Å². The van der Waals surface area contributed by atoms with Gasteiger partial charge >= 0.3 is 0 Å². The third-order valence-electron chi connectivity index (χ3n) is 3.15. The van der Waals surface area contributed by atoms with Crippen molar-refractivity contribution in [2.24, 2.45) is 0 Å². The van der Waals surface area contributed by atoms with Crippen LogP contribution in [0.5, 0.6) is 0 Å². The van der Waals surface area contributed by atoms with E-state index in [0.717, 1.165) is 12.2 Å². The van der Waals surface area contributed by atoms with Crippen LogP contribution in [0.25, 0.3) is 0 Å². The van der Waals surface area contributed by atoms with Gasteiger partial charge in [0, 0.05) is 18.3 Å². The van der Waals surface area contributed by atoms with Crippen LogP contribution in [0.1, 0.15) is 30.0 Å². The van der Waals surface area contributed by atoms with Crippen molar-refractivity contribution in [1.82, 2.24) is 9.88 Å². The summed E-state index contributed by atoms with van der Waals surface area (Å²) >= 11 is 0. The molecule has 0 unspecified atom stereocenters. The van der Waals surface area contributed by atoms with Crippen molar-refractivity contribution in [3.63, 3.8) is 0 Å². The fourth-order valence-electron chi connectivity index (χ4n) is 2.25. The average molecular weight is 318 g/mol. The van der Waals surface area contributed by atoms with Gasteiger partial charge in [0.05, 0.1) is 11.4 Å². The molecule has 6 heteroatoms. The van der Waals surface area contributed by atoms with E-state index in [0.29, 0.717) is 17.1 Å². The fraction of sp³-hybridized carbons (Fsp3) is 0.353. The Morgan fingerprint density at radius 2 is 1.96 bits per heavy atom. The lowest BCUT2D eigenvalue weighted by atomic mass is 10.2. The third-order valence-corrected chi connectivity index (χ3v) is 3.15. The molecule has 0 radical (unpaired) electrons. The van der Waals surface area contributed by atoms with E-state index in [1.54, 1.807) is 12.1 Å². The maximum atomic E-state index is 13.4. The highest BCUT2D eigenvalue weighted by molar-refractivity contribution is 6.04. The molecule has 1 heterocycles. The van der Waals surface area contributed by atoms with Crippen LogP contribution >= 0.6 is 0 Å². The molecule has 0 spiro atoms. The zero-order chi connectivity index (χ0) is 17.0. The number of carbonyl (C=O) groups is 1. The maximum absolute atomic E-state index is 13.4. The van der Waals surface area contributed by atoms with Crippen molar-refractivity contribution in [2.75, 3.05) is 24.7 Å². The minimum absolute atomic E-state index is 0.129. The topological polar surface area (TPSA) is 60.2 Å². The molecule has 0 bridgehead atoms. The second-order valence-electron chi connectivity index (χ2n) is 6.08. The number of hydrogen-bond donors (Lipinski definition) is 3. The van der Waals surface area contributed by atoms with Crippen molar-refractivity contribution in [1.29, 1.82) is 0 Å². The SMILES string of the molecule is CC(C)Nc1cc(F)ccc1NC(=O)c1ccc(CN(C)C)[nH]1. The van der Waals surface area contributed by atoms with Gasteiger partial charge in [-0.25, -0.2) is 4.39 Å². The van der Waals surface area contributed by atoms with Gasteiger partial charge in [0.1, 0.15) is 11.5 Å². The van der Waals surface area contributed by atoms with Crippen molar-refractivity contribution in [3.8, 4) is 0 Å². The highest BCUT2D eigenvalue weighted by atomic mass is 19.1. The van der Waals surface area contributed by atoms with Gasteiger partial charge in [-0.15, -0.1) is 0 Å². The van der Waals surface area contributed by atoms with Gasteiger partial charge in [0.15, 0.2) is 0 Å². The summed E-state index contributed by atoms with van der Waals surface area (Å²) < 4.78 is 13.4. The Labute approximate surface area is 135 Å². The number of rotatable bonds is 6. The molecule has 0 saturated heterocycles. The van der Waals surface area contributed by atoms with E-state index in [9.17, 15) is 9.18 Å². The molecule has 3 N–H and O–H groups in total. The Balaban J connectivity index is 2.15. The Kier molecular flexibility index (Phi) is 5.39. The zero-order valence-electron chi connectivity index (χ0n) is 13.9. The first kappa shape index (κ1) is 17.0. The van der Waals surface area contributed by atoms with Gasteiger partial charge in [-0.3, -0.25) is 4.79 Å². The molecule has 1 aromatic heterocycles. The van der Waals surface area contributed by atoms with E-state index in [1.165, 1.54) is 12.1 Å². The third kappa shape index (κ3) is 4.82. The van der Waals surface area contributed by atoms with E-state index >= 15 is 0 Å². The molecule has 2 rings (SSSR count). The van der Waals surface area contributed by atoms with E-state index in [-0.39, 0.29) is 17.8 Å². The van der Waals surface area contributed by atoms with E-state index in [2.05, 4.69) is 15.6 Å². The molecule has 5 nitrogen and oxygen atoms in total. The molecule has 0 saturated carbocycles. The highest BCUT2D eigenvalue weighted by Crippen LogP contribution is 2.24. The predicted octanol–water partition coefficient (Wildman–Crippen LogP) is 3.29. The normalized spacial score (nSPS) is 11.1. The monoisotopic (exact) mass is 318 g/mol. The second kappa shape index (κ2) is 7.28. The molecule has 1 amide bonds. The van der Waals surface area contributed by atoms with Crippen LogP contribution in [0.2, 0.25) is 0 Å². The molecule has 0 fully saturated rings. The molecular weight excluding hydrogens is 295 g/mol. The second-order valence-corrected chi connectivity index (χ2v) is 6.08. The van der Waals surface area contributed by atoms with E-state index in [4.69, 9.17) is 0 Å². The molecule has 1 aromatic carbocycles. The summed E-state index contributed by atoms with van der Waals surface area (Å²) in [4.78, 5) is 17.5. The highest BCUT2D eigenvalue weighted by Gasteiger charge is 2.12. The van der Waals surface area contributed by atoms with Crippen LogP contribution in [-0.4, -0.2) is 35.9 Å². The summed E-state index contributed by atoms with van der Waals surface area (Å²) in [5, 5.41) is 5.94. The van der Waals surface area contributed by atoms with Gasteiger partial charge in [-0.1, -0.05) is 0 Å². The average Bonchev–Trinajstić information content (AvgIpc) is 2.89. The number of anilines is 2. The zero-order valence-corrected chi connectivity index (χ0v) is 13.9. The van der Waals surface area contributed by atoms with Crippen LogP contribution in [-0.2, 0) is 6.54 Å². The summed E-state index contributed by atoms with van der Waals surface area (Å²) in [6.45, 7) is 4.63. The molecular formula is C17H23FN4O. The number of amides is 1. The number of H-pyrrole nitrogens is 1. The molecule has 2 aromatic rings. The van der Waals surface area contributed by atoms with Crippen molar-refractivity contribution in [2.45, 2.75) is 26.4 Å². The van der Waals surface area contributed by atoms with E-state index < -0.39 is 0 Å². The minimum atomic E-state index is -0.348. The number of nitrogens with one attached hydrogen (secondary N) is 3. The van der Waals surface area contributed by atoms with Gasteiger partial charge in [0.25, 0.3) is 5.91 Å². The van der Waals surface area contributed by atoms with Crippen molar-refractivity contribution in [3.05, 3.63) is 47.5 Å². The Morgan fingerprint density at radius 3 is 2.61 bits per heavy atom. The summed E-state index contributed by atoms with van der Waals surface area (Å²) in [6, 6.07) is 8.02. The lowest BCUT2D eigenvalue weighted by Gasteiger charge is -2.15. The number of carbonyl (C=O) groups excluding carboxylic acids is 1. The molecule has 0 aliphatic rings. The van der Waals surface area contributed by atoms with Gasteiger partial charge in [-0.2, -0.15) is 0 Å². The minimum Gasteiger partial charge on any atom is -0.381 e. The number of nitrogens with zero attached hydrogens (tertiary/aromatic N) is 1. The van der Waals surface area contributed by atoms with Crippen LogP contribution < -0.4 is 10.6 Å². The largest absolute Gasteiger partial charge is 0.381 e. The molecule has 0 aliphatic carbocycles. The molecule has 124 valence electrons. The first-order valence-electron chi connectivity index (χ1n) is 7.55. The smallest absolute Gasteiger partial charge is 0.272 e. The van der Waals surface area contributed by atoms with E-state index in [1.807, 2.05) is 38.9 Å². The van der Waals surface area contributed by atoms with Crippen molar-refractivity contribution >= 4 is 17.3 Å². The first-order chi connectivity index (χ1) is 10.8. The van der Waals surface area contributed by atoms with Crippen LogP contribution in [0.4, 0.5) is 15.8 Å². The standard InChI is InChI=1S/C17H23FN4O/c1-11(2)19-16-9-12(18)5-7-14(16)21-17(23)15-8-6-13(20-15)10-22(3)4/h5-9,11,19-20H,10H2,1-4H3,(H,21,23). The molecule has 23 heavy (non-hydrogen) atoms. The lowest BCUT2D eigenvalue weighted by molar-refractivity contribution is 0.102. The number of benzene rings is 1. The fourth-order valence-corrected chi connectivity index (χ4v) is 2.25. The quantitative estimate of drug-likeness (QED) is 0.766. The lowest BCUT2D eigenvalue weighted by Crippen LogP contribution is -2.17. The molecule has 0 atom stereocenters. The molecule has 0 aliphatic heterocycles. The maximum Gasteiger partial charge on any atom is 0.272 e. The van der Waals surface area contributed by atoms with Crippen molar-refractivity contribution < 1.29 is 9.18 Å². The summed E-state index contributed by atoms with van der Waals surface area (Å²) in [5.41, 5.74) is 2.55. The Bertz CT molecular complexity index is 679. The Hall–Kier alpha value is -2.34. The van der Waals surface area contributed by atoms with Gasteiger partial charge in [0.2, 0.25) is 0 Å². The number of halogens is 1. The summed E-state index contributed by atoms with van der Waals surface area (Å²) in [5.74, 6) is -0.604.